The van der Waals surface area contributed by atoms with Crippen LogP contribution in [0, 0.1) is 6.92 Å². The minimum absolute atomic E-state index is 0.135. The summed E-state index contributed by atoms with van der Waals surface area (Å²) < 4.78 is 29.9. The van der Waals surface area contributed by atoms with Gasteiger partial charge in [0.1, 0.15) is 18.0 Å². The number of halogens is 1. The van der Waals surface area contributed by atoms with Crippen molar-refractivity contribution in [3.05, 3.63) is 27.7 Å². The first-order chi connectivity index (χ1) is 9.82. The second-order valence-electron chi connectivity index (χ2n) is 5.29. The maximum atomic E-state index is 11.6. The molecule has 0 radical (unpaired) electrons. The summed E-state index contributed by atoms with van der Waals surface area (Å²) in [5.41, 5.74) is 1.86. The molecule has 1 fully saturated rings. The van der Waals surface area contributed by atoms with Crippen molar-refractivity contribution in [3.63, 3.8) is 0 Å². The van der Waals surface area contributed by atoms with Gasteiger partial charge in [-0.1, -0.05) is 22.9 Å². The largest absolute Gasteiger partial charge is 0.486 e. The molecule has 0 amide bonds. The van der Waals surface area contributed by atoms with E-state index in [1.165, 1.54) is 0 Å². The highest BCUT2D eigenvalue weighted by Gasteiger charge is 2.38. The summed E-state index contributed by atoms with van der Waals surface area (Å²) in [7, 11) is -3.22. The Bertz CT molecular complexity index is 618. The molecule has 1 aromatic rings. The lowest BCUT2D eigenvalue weighted by molar-refractivity contribution is 0.0726. The number of aliphatic hydroxyl groups is 1. The van der Waals surface area contributed by atoms with Crippen LogP contribution in [0.15, 0.2) is 16.6 Å². The molecule has 0 aromatic heterocycles. The van der Waals surface area contributed by atoms with E-state index >= 15 is 0 Å². The van der Waals surface area contributed by atoms with Crippen LogP contribution in [-0.4, -0.2) is 43.8 Å². The molecule has 1 aliphatic rings. The topological polar surface area (TPSA) is 75.6 Å². The summed E-state index contributed by atoms with van der Waals surface area (Å²) in [4.78, 5) is 0. The van der Waals surface area contributed by atoms with Gasteiger partial charge in [0.2, 0.25) is 0 Å². The lowest BCUT2D eigenvalue weighted by Gasteiger charge is -2.21. The molecular weight excluding hydrogens is 358 g/mol. The van der Waals surface area contributed by atoms with Crippen molar-refractivity contribution in [3.8, 4) is 5.75 Å². The fourth-order valence-electron chi connectivity index (χ4n) is 2.42. The van der Waals surface area contributed by atoms with Crippen molar-refractivity contribution in [2.75, 3.05) is 18.1 Å². The van der Waals surface area contributed by atoms with Gasteiger partial charge >= 0.3 is 0 Å². The lowest BCUT2D eigenvalue weighted by atomic mass is 10.1. The Labute approximate surface area is 133 Å². The van der Waals surface area contributed by atoms with E-state index in [2.05, 4.69) is 21.2 Å². The van der Waals surface area contributed by atoms with E-state index < -0.39 is 22.0 Å². The Morgan fingerprint density at radius 2 is 2.14 bits per heavy atom. The van der Waals surface area contributed by atoms with Gasteiger partial charge in [0.25, 0.3) is 0 Å². The van der Waals surface area contributed by atoms with E-state index in [0.717, 1.165) is 22.1 Å². The molecule has 5 nitrogen and oxygen atoms in total. The molecule has 2 atom stereocenters. The Balaban J connectivity index is 2.26. The Morgan fingerprint density at radius 1 is 1.43 bits per heavy atom. The first kappa shape index (κ1) is 16.7. The van der Waals surface area contributed by atoms with Crippen molar-refractivity contribution in [2.24, 2.45) is 0 Å². The zero-order chi connectivity index (χ0) is 15.6. The van der Waals surface area contributed by atoms with Crippen LogP contribution in [-0.2, 0) is 16.4 Å². The second kappa shape index (κ2) is 6.64. The molecule has 7 heteroatoms. The van der Waals surface area contributed by atoms with Gasteiger partial charge in [0, 0.05) is 16.6 Å². The van der Waals surface area contributed by atoms with Gasteiger partial charge in [-0.2, -0.15) is 0 Å². The van der Waals surface area contributed by atoms with E-state index in [0.29, 0.717) is 12.3 Å². The van der Waals surface area contributed by atoms with Gasteiger partial charge in [-0.15, -0.1) is 0 Å². The van der Waals surface area contributed by atoms with E-state index in [4.69, 9.17) is 4.74 Å². The Hall–Kier alpha value is -0.630. The van der Waals surface area contributed by atoms with Crippen LogP contribution in [0.25, 0.3) is 0 Å². The van der Waals surface area contributed by atoms with Crippen LogP contribution < -0.4 is 10.1 Å². The predicted molar refractivity (Wildman–Crippen MR) is 85.3 cm³/mol. The first-order valence-corrected chi connectivity index (χ1v) is 9.48. The normalized spacial score (nSPS) is 24.2. The molecule has 21 heavy (non-hydrogen) atoms. The summed E-state index contributed by atoms with van der Waals surface area (Å²) >= 11 is 3.45. The van der Waals surface area contributed by atoms with Crippen LogP contribution >= 0.6 is 15.9 Å². The molecule has 0 bridgehead atoms. The highest BCUT2D eigenvalue weighted by molar-refractivity contribution is 9.10. The van der Waals surface area contributed by atoms with Crippen molar-refractivity contribution < 1.29 is 18.3 Å². The highest BCUT2D eigenvalue weighted by atomic mass is 79.9. The molecule has 0 aliphatic carbocycles. The lowest BCUT2D eigenvalue weighted by Crippen LogP contribution is -2.30. The summed E-state index contributed by atoms with van der Waals surface area (Å²) in [6.45, 7) is 5.37. The quantitative estimate of drug-likeness (QED) is 0.810. The molecule has 2 N–H and O–H groups in total. The number of hydrogen-bond acceptors (Lipinski definition) is 5. The maximum absolute atomic E-state index is 11.6. The van der Waals surface area contributed by atoms with Gasteiger partial charge < -0.3 is 15.2 Å². The summed E-state index contributed by atoms with van der Waals surface area (Å²) in [6, 6.07) is 3.86. The molecule has 1 aromatic carbocycles. The third kappa shape index (κ3) is 4.18. The number of aryl methyl sites for hydroxylation is 1. The maximum Gasteiger partial charge on any atom is 0.156 e. The van der Waals surface area contributed by atoms with Crippen LogP contribution in [0.3, 0.4) is 0 Å². The third-order valence-corrected chi connectivity index (χ3v) is 5.57. The van der Waals surface area contributed by atoms with Crippen LogP contribution in [0.2, 0.25) is 0 Å². The molecule has 2 rings (SSSR count). The number of rotatable bonds is 5. The van der Waals surface area contributed by atoms with E-state index in [1.54, 1.807) is 0 Å². The van der Waals surface area contributed by atoms with Crippen LogP contribution in [0.1, 0.15) is 18.1 Å². The van der Waals surface area contributed by atoms with Gasteiger partial charge in [0.05, 0.1) is 11.5 Å². The zero-order valence-electron chi connectivity index (χ0n) is 12.1. The average molecular weight is 378 g/mol. The molecule has 118 valence electrons. The summed E-state index contributed by atoms with van der Waals surface area (Å²) in [5.74, 6) is 0.292. The van der Waals surface area contributed by atoms with Crippen molar-refractivity contribution >= 4 is 25.8 Å². The molecule has 1 aliphatic heterocycles. The number of hydrogen-bond donors (Lipinski definition) is 2. The fraction of sp³-hybridized carbons (Fsp3) is 0.571. The van der Waals surface area contributed by atoms with Crippen molar-refractivity contribution in [1.82, 2.24) is 5.32 Å². The number of nitrogens with one attached hydrogen (secondary N) is 1. The summed E-state index contributed by atoms with van der Waals surface area (Å²) in [5, 5.41) is 13.1. The molecule has 0 spiro atoms. The van der Waals surface area contributed by atoms with Crippen molar-refractivity contribution in [1.29, 1.82) is 0 Å². The second-order valence-corrected chi connectivity index (χ2v) is 8.36. The van der Waals surface area contributed by atoms with Crippen LogP contribution in [0.5, 0.6) is 5.75 Å². The highest BCUT2D eigenvalue weighted by Crippen LogP contribution is 2.30. The van der Waals surface area contributed by atoms with E-state index in [1.807, 2.05) is 26.0 Å². The minimum atomic E-state index is -3.22. The molecule has 0 saturated carbocycles. The third-order valence-electron chi connectivity index (χ3n) is 3.42. The van der Waals surface area contributed by atoms with Gasteiger partial charge in [-0.05, 0) is 31.2 Å². The standard InChI is InChI=1S/C14H20BrNO4S/c1-3-16-6-10-5-11(15)4-9(2)14(10)20-13-8-21(18,19)7-12(13)17/h4-5,12-13,16-17H,3,6-8H2,1-2H3. The van der Waals surface area contributed by atoms with Gasteiger partial charge in [0.15, 0.2) is 9.84 Å². The molecule has 1 saturated heterocycles. The smallest absolute Gasteiger partial charge is 0.156 e. The Morgan fingerprint density at radius 3 is 2.71 bits per heavy atom. The van der Waals surface area contributed by atoms with Gasteiger partial charge in [-0.3, -0.25) is 0 Å². The summed E-state index contributed by atoms with van der Waals surface area (Å²) in [6.07, 6.45) is -1.67. The first-order valence-electron chi connectivity index (χ1n) is 6.87. The average Bonchev–Trinajstić information content (AvgIpc) is 2.63. The SMILES string of the molecule is CCNCc1cc(Br)cc(C)c1OC1CS(=O)(=O)CC1O. The monoisotopic (exact) mass is 377 g/mol. The number of benzene rings is 1. The fourth-order valence-corrected chi connectivity index (χ4v) is 4.70. The molecule has 1 heterocycles. The van der Waals surface area contributed by atoms with E-state index in [9.17, 15) is 13.5 Å². The van der Waals surface area contributed by atoms with Crippen molar-refractivity contribution in [2.45, 2.75) is 32.6 Å². The zero-order valence-corrected chi connectivity index (χ0v) is 14.5. The molecular formula is C14H20BrNO4S. The van der Waals surface area contributed by atoms with Gasteiger partial charge in [-0.25, -0.2) is 8.42 Å². The van der Waals surface area contributed by atoms with E-state index in [-0.39, 0.29) is 11.5 Å². The number of ether oxygens (including phenoxy) is 1. The molecule has 2 unspecified atom stereocenters. The minimum Gasteiger partial charge on any atom is -0.486 e. The number of aliphatic hydroxyl groups excluding tert-OH is 1. The number of sulfone groups is 1. The predicted octanol–water partition coefficient (Wildman–Crippen LogP) is 1.40. The van der Waals surface area contributed by atoms with Crippen LogP contribution in [0.4, 0.5) is 0 Å². The Kier molecular flexibility index (Phi) is 5.29.